The number of anilines is 1. The second-order valence-electron chi connectivity index (χ2n) is 4.38. The van der Waals surface area contributed by atoms with Gasteiger partial charge in [0.25, 0.3) is 0 Å². The molecule has 1 saturated heterocycles. The highest BCUT2D eigenvalue weighted by Crippen LogP contribution is 2.37. The predicted molar refractivity (Wildman–Crippen MR) is 73.4 cm³/mol. The van der Waals surface area contributed by atoms with E-state index >= 15 is 0 Å². The zero-order chi connectivity index (χ0) is 12.4. The molecule has 94 valence electrons. The van der Waals surface area contributed by atoms with Gasteiger partial charge in [0.2, 0.25) is 0 Å². The molecule has 2 nitrogen and oxygen atoms in total. The van der Waals surface area contributed by atoms with E-state index in [4.69, 9.17) is 11.6 Å². The summed E-state index contributed by atoms with van der Waals surface area (Å²) in [4.78, 5) is 2.22. The maximum atomic E-state index is 13.1. The van der Waals surface area contributed by atoms with Crippen LogP contribution >= 0.6 is 27.5 Å². The van der Waals surface area contributed by atoms with E-state index in [1.165, 1.54) is 12.1 Å². The molecule has 5 heteroatoms. The number of nitrogens with one attached hydrogen (secondary N) is 1. The molecule has 0 spiro atoms. The first-order valence-electron chi connectivity index (χ1n) is 5.66. The fourth-order valence-electron chi connectivity index (χ4n) is 2.33. The van der Waals surface area contributed by atoms with E-state index in [0.29, 0.717) is 10.9 Å². The molecule has 1 unspecified atom stereocenters. The minimum Gasteiger partial charge on any atom is -0.369 e. The molecular formula is C12H15BrClFN2. The van der Waals surface area contributed by atoms with Crippen molar-refractivity contribution < 1.29 is 4.39 Å². The molecule has 1 aliphatic rings. The SMILES string of the molecule is CNCC1CCN(c2c(Cl)cc(F)cc2Br)C1. The van der Waals surface area contributed by atoms with Gasteiger partial charge in [0, 0.05) is 17.6 Å². The van der Waals surface area contributed by atoms with Crippen LogP contribution in [0.15, 0.2) is 16.6 Å². The summed E-state index contributed by atoms with van der Waals surface area (Å²) in [6, 6.07) is 2.83. The molecule has 1 aromatic rings. The topological polar surface area (TPSA) is 15.3 Å². The lowest BCUT2D eigenvalue weighted by atomic mass is 10.1. The zero-order valence-electron chi connectivity index (χ0n) is 9.64. The maximum absolute atomic E-state index is 13.1. The monoisotopic (exact) mass is 320 g/mol. The smallest absolute Gasteiger partial charge is 0.125 e. The van der Waals surface area contributed by atoms with Crippen molar-refractivity contribution in [2.75, 3.05) is 31.6 Å². The molecule has 0 aliphatic carbocycles. The highest BCUT2D eigenvalue weighted by Gasteiger charge is 2.25. The number of rotatable bonds is 3. The average molecular weight is 322 g/mol. The maximum Gasteiger partial charge on any atom is 0.125 e. The Morgan fingerprint density at radius 3 is 3.00 bits per heavy atom. The van der Waals surface area contributed by atoms with Crippen LogP contribution < -0.4 is 10.2 Å². The van der Waals surface area contributed by atoms with Gasteiger partial charge in [-0.3, -0.25) is 0 Å². The van der Waals surface area contributed by atoms with E-state index in [1.807, 2.05) is 7.05 Å². The van der Waals surface area contributed by atoms with Crippen LogP contribution in [0, 0.1) is 11.7 Å². The lowest BCUT2D eigenvalue weighted by molar-refractivity contribution is 0.549. The molecule has 1 fully saturated rings. The van der Waals surface area contributed by atoms with Crippen LogP contribution in [0.4, 0.5) is 10.1 Å². The van der Waals surface area contributed by atoms with E-state index in [0.717, 1.165) is 36.2 Å². The molecule has 0 amide bonds. The highest BCUT2D eigenvalue weighted by molar-refractivity contribution is 9.10. The zero-order valence-corrected chi connectivity index (χ0v) is 12.0. The third kappa shape index (κ3) is 2.92. The van der Waals surface area contributed by atoms with Crippen molar-refractivity contribution in [3.8, 4) is 0 Å². The van der Waals surface area contributed by atoms with Gasteiger partial charge in [-0.15, -0.1) is 0 Å². The van der Waals surface area contributed by atoms with Gasteiger partial charge >= 0.3 is 0 Å². The Morgan fingerprint density at radius 1 is 1.59 bits per heavy atom. The van der Waals surface area contributed by atoms with Gasteiger partial charge in [-0.2, -0.15) is 0 Å². The highest BCUT2D eigenvalue weighted by atomic mass is 79.9. The van der Waals surface area contributed by atoms with Crippen molar-refractivity contribution in [1.82, 2.24) is 5.32 Å². The van der Waals surface area contributed by atoms with Crippen molar-refractivity contribution in [3.05, 3.63) is 27.4 Å². The van der Waals surface area contributed by atoms with Crippen molar-refractivity contribution in [3.63, 3.8) is 0 Å². The van der Waals surface area contributed by atoms with E-state index in [2.05, 4.69) is 26.1 Å². The second kappa shape index (κ2) is 5.55. The average Bonchev–Trinajstić information content (AvgIpc) is 2.65. The Labute approximate surface area is 114 Å². The predicted octanol–water partition coefficient (Wildman–Crippen LogP) is 3.29. The van der Waals surface area contributed by atoms with Crippen molar-refractivity contribution in [1.29, 1.82) is 0 Å². The van der Waals surface area contributed by atoms with Crippen LogP contribution in [-0.4, -0.2) is 26.7 Å². The van der Waals surface area contributed by atoms with Gasteiger partial charge in [-0.05, 0) is 54.0 Å². The van der Waals surface area contributed by atoms with Gasteiger partial charge in [-0.1, -0.05) is 11.6 Å². The number of hydrogen-bond donors (Lipinski definition) is 1. The van der Waals surface area contributed by atoms with Gasteiger partial charge in [0.15, 0.2) is 0 Å². The molecule has 0 bridgehead atoms. The Kier molecular flexibility index (Phi) is 4.28. The Bertz CT molecular complexity index is 390. The lowest BCUT2D eigenvalue weighted by Crippen LogP contribution is -2.24. The van der Waals surface area contributed by atoms with Crippen LogP contribution in [-0.2, 0) is 0 Å². The number of benzene rings is 1. The molecule has 1 aliphatic heterocycles. The largest absolute Gasteiger partial charge is 0.369 e. The van der Waals surface area contributed by atoms with Crippen molar-refractivity contribution in [2.45, 2.75) is 6.42 Å². The number of halogens is 3. The number of nitrogens with zero attached hydrogens (tertiary/aromatic N) is 1. The molecule has 1 aromatic carbocycles. The summed E-state index contributed by atoms with van der Waals surface area (Å²) in [5.74, 6) is 0.324. The third-order valence-corrected chi connectivity index (χ3v) is 3.97. The Morgan fingerprint density at radius 2 is 2.35 bits per heavy atom. The standard InChI is InChI=1S/C12H15BrClFN2/c1-16-6-8-2-3-17(7-8)12-10(13)4-9(15)5-11(12)14/h4-5,8,16H,2-3,6-7H2,1H3. The molecule has 1 heterocycles. The quantitative estimate of drug-likeness (QED) is 0.919. The van der Waals surface area contributed by atoms with Crippen LogP contribution in [0.1, 0.15) is 6.42 Å². The molecule has 0 saturated carbocycles. The molecule has 2 rings (SSSR count). The van der Waals surface area contributed by atoms with E-state index in [-0.39, 0.29) is 5.82 Å². The molecule has 1 N–H and O–H groups in total. The van der Waals surface area contributed by atoms with Crippen LogP contribution in [0.2, 0.25) is 5.02 Å². The molecule has 0 aromatic heterocycles. The summed E-state index contributed by atoms with van der Waals surface area (Å²) in [6.07, 6.45) is 1.14. The fraction of sp³-hybridized carbons (Fsp3) is 0.500. The first-order valence-corrected chi connectivity index (χ1v) is 6.83. The molecule has 0 radical (unpaired) electrons. The van der Waals surface area contributed by atoms with Crippen LogP contribution in [0.5, 0.6) is 0 Å². The number of hydrogen-bond acceptors (Lipinski definition) is 2. The molecule has 1 atom stereocenters. The van der Waals surface area contributed by atoms with E-state index in [1.54, 1.807) is 0 Å². The minimum atomic E-state index is -0.309. The van der Waals surface area contributed by atoms with Crippen molar-refractivity contribution >= 4 is 33.2 Å². The van der Waals surface area contributed by atoms with Crippen LogP contribution in [0.25, 0.3) is 0 Å². The van der Waals surface area contributed by atoms with Gasteiger partial charge in [-0.25, -0.2) is 4.39 Å². The molecular weight excluding hydrogens is 307 g/mol. The fourth-order valence-corrected chi connectivity index (χ4v) is 3.45. The van der Waals surface area contributed by atoms with Gasteiger partial charge in [0.05, 0.1) is 10.7 Å². The second-order valence-corrected chi connectivity index (χ2v) is 5.64. The van der Waals surface area contributed by atoms with Gasteiger partial charge < -0.3 is 10.2 Å². The summed E-state index contributed by atoms with van der Waals surface area (Å²) < 4.78 is 13.9. The summed E-state index contributed by atoms with van der Waals surface area (Å²) in [6.45, 7) is 2.94. The van der Waals surface area contributed by atoms with E-state index < -0.39 is 0 Å². The van der Waals surface area contributed by atoms with E-state index in [9.17, 15) is 4.39 Å². The van der Waals surface area contributed by atoms with Gasteiger partial charge in [0.1, 0.15) is 5.82 Å². The summed E-state index contributed by atoms with van der Waals surface area (Å²) in [5, 5.41) is 3.66. The normalized spacial score (nSPS) is 20.0. The van der Waals surface area contributed by atoms with Crippen molar-refractivity contribution in [2.24, 2.45) is 5.92 Å². The Hall–Kier alpha value is -0.320. The first kappa shape index (κ1) is 13.1. The van der Waals surface area contributed by atoms with Crippen LogP contribution in [0.3, 0.4) is 0 Å². The lowest BCUT2D eigenvalue weighted by Gasteiger charge is -2.21. The first-order chi connectivity index (χ1) is 8.11. The Balaban J connectivity index is 2.19. The summed E-state index contributed by atoms with van der Waals surface area (Å²) in [5.41, 5.74) is 0.909. The third-order valence-electron chi connectivity index (χ3n) is 3.08. The summed E-state index contributed by atoms with van der Waals surface area (Å²) >= 11 is 9.50. The summed E-state index contributed by atoms with van der Waals surface area (Å²) in [7, 11) is 1.96. The minimum absolute atomic E-state index is 0.309. The molecule has 17 heavy (non-hydrogen) atoms.